The van der Waals surface area contributed by atoms with Crippen molar-refractivity contribution in [1.29, 1.82) is 0 Å². The van der Waals surface area contributed by atoms with Crippen LogP contribution in [-0.4, -0.2) is 11.0 Å². The van der Waals surface area contributed by atoms with Crippen molar-refractivity contribution in [3.8, 4) is 5.88 Å². The molecule has 0 aliphatic rings. The van der Waals surface area contributed by atoms with Gasteiger partial charge in [0.1, 0.15) is 6.61 Å². The van der Waals surface area contributed by atoms with Crippen LogP contribution in [0.2, 0.25) is 5.02 Å². The summed E-state index contributed by atoms with van der Waals surface area (Å²) in [5.41, 5.74) is 2.07. The minimum Gasteiger partial charge on any atom is -0.473 e. The normalized spacial score (nSPS) is 10.9. The van der Waals surface area contributed by atoms with Gasteiger partial charge in [-0.3, -0.25) is 0 Å². The molecule has 0 saturated heterocycles. The van der Waals surface area contributed by atoms with Crippen molar-refractivity contribution < 1.29 is 4.74 Å². The maximum absolute atomic E-state index is 6.16. The SMILES string of the molecule is CC(C)NCc1cc(OCc2ccccc2Br)ncc1Cl. The van der Waals surface area contributed by atoms with E-state index >= 15 is 0 Å². The summed E-state index contributed by atoms with van der Waals surface area (Å²) in [5, 5.41) is 3.99. The molecule has 0 saturated carbocycles. The second kappa shape index (κ2) is 7.78. The molecule has 1 aromatic heterocycles. The molecule has 0 spiro atoms. The number of rotatable bonds is 6. The number of nitrogens with zero attached hydrogens (tertiary/aromatic N) is 1. The van der Waals surface area contributed by atoms with Crippen LogP contribution < -0.4 is 10.1 Å². The molecule has 1 N–H and O–H groups in total. The Morgan fingerprint density at radius 2 is 2.05 bits per heavy atom. The molecule has 1 heterocycles. The van der Waals surface area contributed by atoms with E-state index in [-0.39, 0.29) is 0 Å². The molecule has 0 radical (unpaired) electrons. The molecule has 1 aromatic carbocycles. The Hall–Kier alpha value is -1.10. The van der Waals surface area contributed by atoms with Gasteiger partial charge in [0.25, 0.3) is 0 Å². The second-order valence-electron chi connectivity index (χ2n) is 5.03. The zero-order chi connectivity index (χ0) is 15.2. The standard InChI is InChI=1S/C16H18BrClN2O/c1-11(2)19-8-13-7-16(20-9-15(13)18)21-10-12-5-3-4-6-14(12)17/h3-7,9,11,19H,8,10H2,1-2H3. The van der Waals surface area contributed by atoms with Crippen LogP contribution >= 0.6 is 27.5 Å². The van der Waals surface area contributed by atoms with Crippen LogP contribution in [0.25, 0.3) is 0 Å². The van der Waals surface area contributed by atoms with Crippen LogP contribution in [0.15, 0.2) is 41.0 Å². The molecule has 5 heteroatoms. The molecular formula is C16H18BrClN2O. The minimum atomic E-state index is 0.402. The molecule has 2 aromatic rings. The first-order chi connectivity index (χ1) is 10.1. The fourth-order valence-corrected chi connectivity index (χ4v) is 2.32. The fourth-order valence-electron chi connectivity index (χ4n) is 1.75. The summed E-state index contributed by atoms with van der Waals surface area (Å²) >= 11 is 9.66. The number of pyridine rings is 1. The molecule has 0 aliphatic carbocycles. The molecule has 21 heavy (non-hydrogen) atoms. The van der Waals surface area contributed by atoms with Crippen molar-refractivity contribution in [2.75, 3.05) is 0 Å². The van der Waals surface area contributed by atoms with Gasteiger partial charge in [-0.2, -0.15) is 0 Å². The topological polar surface area (TPSA) is 34.1 Å². The van der Waals surface area contributed by atoms with Gasteiger partial charge in [0.2, 0.25) is 5.88 Å². The van der Waals surface area contributed by atoms with E-state index in [1.54, 1.807) is 6.20 Å². The molecule has 0 bridgehead atoms. The lowest BCUT2D eigenvalue weighted by Gasteiger charge is -2.12. The van der Waals surface area contributed by atoms with Crippen molar-refractivity contribution in [3.63, 3.8) is 0 Å². The van der Waals surface area contributed by atoms with E-state index < -0.39 is 0 Å². The van der Waals surface area contributed by atoms with E-state index in [1.165, 1.54) is 0 Å². The Morgan fingerprint density at radius 3 is 2.76 bits per heavy atom. The maximum atomic E-state index is 6.16. The summed E-state index contributed by atoms with van der Waals surface area (Å²) in [5.74, 6) is 0.579. The smallest absolute Gasteiger partial charge is 0.213 e. The van der Waals surface area contributed by atoms with Gasteiger partial charge in [0.15, 0.2) is 0 Å². The van der Waals surface area contributed by atoms with Gasteiger partial charge in [-0.1, -0.05) is 59.6 Å². The molecule has 0 amide bonds. The first-order valence-corrected chi connectivity index (χ1v) is 7.97. The van der Waals surface area contributed by atoms with Crippen molar-refractivity contribution in [2.24, 2.45) is 0 Å². The van der Waals surface area contributed by atoms with Crippen LogP contribution in [-0.2, 0) is 13.2 Å². The predicted octanol–water partition coefficient (Wildman–Crippen LogP) is 4.57. The number of hydrogen-bond donors (Lipinski definition) is 1. The fraction of sp³-hybridized carbons (Fsp3) is 0.312. The molecular weight excluding hydrogens is 352 g/mol. The van der Waals surface area contributed by atoms with E-state index in [0.717, 1.165) is 15.6 Å². The maximum Gasteiger partial charge on any atom is 0.213 e. The number of ether oxygens (including phenoxy) is 1. The molecule has 3 nitrogen and oxygen atoms in total. The lowest BCUT2D eigenvalue weighted by atomic mass is 10.2. The lowest BCUT2D eigenvalue weighted by Crippen LogP contribution is -2.22. The van der Waals surface area contributed by atoms with Crippen LogP contribution in [0.1, 0.15) is 25.0 Å². The quantitative estimate of drug-likeness (QED) is 0.809. The third-order valence-electron chi connectivity index (χ3n) is 2.94. The molecule has 0 unspecified atom stereocenters. The third-order valence-corrected chi connectivity index (χ3v) is 4.06. The van der Waals surface area contributed by atoms with Crippen molar-refractivity contribution in [3.05, 3.63) is 57.2 Å². The summed E-state index contributed by atoms with van der Waals surface area (Å²) < 4.78 is 6.78. The first-order valence-electron chi connectivity index (χ1n) is 6.80. The first kappa shape index (κ1) is 16.3. The second-order valence-corrected chi connectivity index (χ2v) is 6.29. The monoisotopic (exact) mass is 368 g/mol. The van der Waals surface area contributed by atoms with Gasteiger partial charge < -0.3 is 10.1 Å². The predicted molar refractivity (Wildman–Crippen MR) is 89.7 cm³/mol. The average molecular weight is 370 g/mol. The Morgan fingerprint density at radius 1 is 1.29 bits per heavy atom. The average Bonchev–Trinajstić information content (AvgIpc) is 2.46. The van der Waals surface area contributed by atoms with Gasteiger partial charge in [-0.05, 0) is 11.6 Å². The van der Waals surface area contributed by atoms with E-state index in [2.05, 4.69) is 40.1 Å². The number of hydrogen-bond acceptors (Lipinski definition) is 3. The number of nitrogens with one attached hydrogen (secondary N) is 1. The molecule has 0 aliphatic heterocycles. The van der Waals surface area contributed by atoms with E-state index in [4.69, 9.17) is 16.3 Å². The van der Waals surface area contributed by atoms with E-state index in [9.17, 15) is 0 Å². The van der Waals surface area contributed by atoms with Crippen LogP contribution in [0.3, 0.4) is 0 Å². The zero-order valence-electron chi connectivity index (χ0n) is 12.1. The highest BCUT2D eigenvalue weighted by Gasteiger charge is 2.06. The van der Waals surface area contributed by atoms with Gasteiger partial charge in [-0.15, -0.1) is 0 Å². The largest absolute Gasteiger partial charge is 0.473 e. The van der Waals surface area contributed by atoms with Gasteiger partial charge in [-0.25, -0.2) is 4.98 Å². The van der Waals surface area contributed by atoms with E-state index in [0.29, 0.717) is 30.1 Å². The Kier molecular flexibility index (Phi) is 6.03. The summed E-state index contributed by atoms with van der Waals surface area (Å²) in [6.45, 7) is 5.36. The van der Waals surface area contributed by atoms with Gasteiger partial charge in [0, 0.05) is 34.9 Å². The third kappa shape index (κ3) is 4.99. The highest BCUT2D eigenvalue weighted by atomic mass is 79.9. The van der Waals surface area contributed by atoms with Crippen molar-refractivity contribution >= 4 is 27.5 Å². The van der Waals surface area contributed by atoms with Crippen LogP contribution in [0.4, 0.5) is 0 Å². The summed E-state index contributed by atoms with van der Waals surface area (Å²) in [6, 6.07) is 10.3. The minimum absolute atomic E-state index is 0.402. The highest BCUT2D eigenvalue weighted by Crippen LogP contribution is 2.22. The van der Waals surface area contributed by atoms with Gasteiger partial charge in [0.05, 0.1) is 5.02 Å². The summed E-state index contributed by atoms with van der Waals surface area (Å²) in [6.07, 6.45) is 1.63. The van der Waals surface area contributed by atoms with Crippen LogP contribution in [0, 0.1) is 0 Å². The number of halogens is 2. The Labute approximate surface area is 138 Å². The number of benzene rings is 1. The van der Waals surface area contributed by atoms with Gasteiger partial charge >= 0.3 is 0 Å². The summed E-state index contributed by atoms with van der Waals surface area (Å²) in [7, 11) is 0. The highest BCUT2D eigenvalue weighted by molar-refractivity contribution is 9.10. The Balaban J connectivity index is 2.03. The summed E-state index contributed by atoms with van der Waals surface area (Å²) in [4.78, 5) is 4.21. The molecule has 0 fully saturated rings. The van der Waals surface area contributed by atoms with Crippen LogP contribution in [0.5, 0.6) is 5.88 Å². The van der Waals surface area contributed by atoms with E-state index in [1.807, 2.05) is 30.3 Å². The number of aromatic nitrogens is 1. The lowest BCUT2D eigenvalue weighted by molar-refractivity contribution is 0.292. The molecule has 0 atom stereocenters. The zero-order valence-corrected chi connectivity index (χ0v) is 14.4. The van der Waals surface area contributed by atoms with Crippen molar-refractivity contribution in [2.45, 2.75) is 33.0 Å². The van der Waals surface area contributed by atoms with Crippen molar-refractivity contribution in [1.82, 2.24) is 10.3 Å². The Bertz CT molecular complexity index is 605. The molecule has 2 rings (SSSR count). The molecule has 112 valence electrons.